The summed E-state index contributed by atoms with van der Waals surface area (Å²) in [6.07, 6.45) is 6.42. The number of aliphatic carboxylic acids is 1. The van der Waals surface area contributed by atoms with Crippen LogP contribution in [0.4, 0.5) is 0 Å². The number of hydrogen-bond acceptors (Lipinski definition) is 6. The van der Waals surface area contributed by atoms with E-state index in [1.165, 1.54) is 0 Å². The molecule has 0 saturated heterocycles. The Labute approximate surface area is 207 Å². The molecule has 1 fully saturated rings. The smallest absolute Gasteiger partial charge is 0.313 e. The molecular formula is C26H23ClN4O4. The summed E-state index contributed by atoms with van der Waals surface area (Å²) in [5.41, 5.74) is 4.18. The Bertz CT molecular complexity index is 1400. The number of carboxylic acid groups (broad SMARTS) is 1. The van der Waals surface area contributed by atoms with E-state index in [0.717, 1.165) is 33.7 Å². The van der Waals surface area contributed by atoms with Gasteiger partial charge in [0.05, 0.1) is 24.0 Å². The highest BCUT2D eigenvalue weighted by molar-refractivity contribution is 6.33. The topological polar surface area (TPSA) is 110 Å². The van der Waals surface area contributed by atoms with Crippen LogP contribution in [0.3, 0.4) is 0 Å². The number of benzene rings is 1. The Kier molecular flexibility index (Phi) is 5.90. The van der Waals surface area contributed by atoms with Gasteiger partial charge in [0.25, 0.3) is 0 Å². The molecule has 0 radical (unpaired) electrons. The van der Waals surface area contributed by atoms with E-state index in [1.54, 1.807) is 31.8 Å². The molecule has 3 heterocycles. The maximum absolute atomic E-state index is 11.3. The number of pyridine rings is 2. The quantitative estimate of drug-likeness (QED) is 0.339. The van der Waals surface area contributed by atoms with Crippen molar-refractivity contribution in [1.82, 2.24) is 19.9 Å². The standard InChI is InChI=1S/C26H23ClN4O4/c1-15-9-22(35-14-26(7-8-26)25(32)33)28-12-19(15)17-10-20(27)23(29-11-17)24-30-13-21(31-24)16-3-5-18(34-2)6-4-16/h3-6,9-13H,7-8,14H2,1-2H3,(H,30,31)(H,32,33). The third kappa shape index (κ3) is 4.57. The zero-order valence-electron chi connectivity index (χ0n) is 19.2. The van der Waals surface area contributed by atoms with E-state index in [0.29, 0.717) is 35.3 Å². The monoisotopic (exact) mass is 490 g/mol. The van der Waals surface area contributed by atoms with Gasteiger partial charge in [0.1, 0.15) is 23.5 Å². The SMILES string of the molecule is COc1ccc(-c2cnc(-c3ncc(-c4cnc(OCC5(C(=O)O)CC5)cc4C)cc3Cl)[nH]2)cc1. The van der Waals surface area contributed by atoms with Crippen molar-refractivity contribution in [2.24, 2.45) is 5.41 Å². The van der Waals surface area contributed by atoms with Gasteiger partial charge in [-0.1, -0.05) is 11.6 Å². The van der Waals surface area contributed by atoms with E-state index < -0.39 is 11.4 Å². The van der Waals surface area contributed by atoms with Crippen molar-refractivity contribution in [2.75, 3.05) is 13.7 Å². The fourth-order valence-corrected chi connectivity index (χ4v) is 4.07. The van der Waals surface area contributed by atoms with Gasteiger partial charge in [-0.15, -0.1) is 0 Å². The average molecular weight is 491 g/mol. The van der Waals surface area contributed by atoms with Crippen molar-refractivity contribution in [1.29, 1.82) is 0 Å². The number of aromatic amines is 1. The zero-order valence-corrected chi connectivity index (χ0v) is 20.0. The second kappa shape index (κ2) is 9.03. The lowest BCUT2D eigenvalue weighted by molar-refractivity contribution is -0.144. The molecule has 2 N–H and O–H groups in total. The first-order chi connectivity index (χ1) is 16.9. The van der Waals surface area contributed by atoms with E-state index in [1.807, 2.05) is 37.3 Å². The lowest BCUT2D eigenvalue weighted by Crippen LogP contribution is -2.23. The van der Waals surface area contributed by atoms with Gasteiger partial charge in [-0.25, -0.2) is 9.97 Å². The lowest BCUT2D eigenvalue weighted by atomic mass is 10.0. The summed E-state index contributed by atoms with van der Waals surface area (Å²) >= 11 is 6.59. The van der Waals surface area contributed by atoms with Gasteiger partial charge in [0.15, 0.2) is 5.82 Å². The van der Waals surface area contributed by atoms with Gasteiger partial charge in [-0.3, -0.25) is 9.78 Å². The minimum Gasteiger partial charge on any atom is -0.497 e. The van der Waals surface area contributed by atoms with Crippen LogP contribution in [0.1, 0.15) is 18.4 Å². The first-order valence-electron chi connectivity index (χ1n) is 11.1. The number of H-pyrrole nitrogens is 1. The molecular weight excluding hydrogens is 468 g/mol. The molecule has 0 atom stereocenters. The maximum Gasteiger partial charge on any atom is 0.313 e. The Morgan fingerprint density at radius 1 is 1.09 bits per heavy atom. The van der Waals surface area contributed by atoms with E-state index >= 15 is 0 Å². The van der Waals surface area contributed by atoms with Gasteiger partial charge in [-0.05, 0) is 61.2 Å². The van der Waals surface area contributed by atoms with Gasteiger partial charge in [0.2, 0.25) is 5.88 Å². The van der Waals surface area contributed by atoms with Crippen LogP contribution in [-0.2, 0) is 4.79 Å². The van der Waals surface area contributed by atoms with Crippen molar-refractivity contribution < 1.29 is 19.4 Å². The Morgan fingerprint density at radius 2 is 1.86 bits per heavy atom. The van der Waals surface area contributed by atoms with Crippen molar-refractivity contribution in [3.8, 4) is 45.5 Å². The number of hydrogen-bond donors (Lipinski definition) is 2. The van der Waals surface area contributed by atoms with Crippen LogP contribution in [0.5, 0.6) is 11.6 Å². The second-order valence-corrected chi connectivity index (χ2v) is 9.05. The molecule has 4 aromatic rings. The third-order valence-electron chi connectivity index (χ3n) is 6.24. The highest BCUT2D eigenvalue weighted by atomic mass is 35.5. The van der Waals surface area contributed by atoms with Crippen LogP contribution in [0.15, 0.2) is 55.0 Å². The number of rotatable bonds is 8. The number of nitrogens with one attached hydrogen (secondary N) is 1. The second-order valence-electron chi connectivity index (χ2n) is 8.64. The number of aromatic nitrogens is 4. The molecule has 0 bridgehead atoms. The Hall–Kier alpha value is -3.91. The summed E-state index contributed by atoms with van der Waals surface area (Å²) < 4.78 is 10.9. The average Bonchev–Trinajstić information content (AvgIpc) is 3.51. The molecule has 8 nitrogen and oxygen atoms in total. The third-order valence-corrected chi connectivity index (χ3v) is 6.53. The molecule has 35 heavy (non-hydrogen) atoms. The molecule has 1 aliphatic carbocycles. The highest BCUT2D eigenvalue weighted by Gasteiger charge is 2.51. The fourth-order valence-electron chi connectivity index (χ4n) is 3.81. The normalized spacial score (nSPS) is 13.9. The molecule has 1 aromatic carbocycles. The molecule has 0 aliphatic heterocycles. The zero-order chi connectivity index (χ0) is 24.6. The van der Waals surface area contributed by atoms with Crippen LogP contribution in [0, 0.1) is 12.3 Å². The van der Waals surface area contributed by atoms with Crippen LogP contribution in [0.25, 0.3) is 33.9 Å². The van der Waals surface area contributed by atoms with E-state index in [2.05, 4.69) is 19.9 Å². The predicted molar refractivity (Wildman–Crippen MR) is 132 cm³/mol. The molecule has 0 unspecified atom stereocenters. The van der Waals surface area contributed by atoms with Crippen molar-refractivity contribution in [2.45, 2.75) is 19.8 Å². The molecule has 178 valence electrons. The van der Waals surface area contributed by atoms with E-state index in [4.69, 9.17) is 21.1 Å². The summed E-state index contributed by atoms with van der Waals surface area (Å²) in [7, 11) is 1.63. The minimum absolute atomic E-state index is 0.123. The number of carbonyl (C=O) groups is 1. The van der Waals surface area contributed by atoms with Crippen molar-refractivity contribution >= 4 is 17.6 Å². The molecule has 1 aliphatic rings. The number of carboxylic acids is 1. The first-order valence-corrected chi connectivity index (χ1v) is 11.4. The molecule has 0 spiro atoms. The Balaban J connectivity index is 1.33. The summed E-state index contributed by atoms with van der Waals surface area (Å²) in [4.78, 5) is 28.0. The number of halogens is 1. The van der Waals surface area contributed by atoms with Crippen molar-refractivity contribution in [3.63, 3.8) is 0 Å². The van der Waals surface area contributed by atoms with Crippen LogP contribution in [0.2, 0.25) is 5.02 Å². The Morgan fingerprint density at radius 3 is 2.49 bits per heavy atom. The number of methoxy groups -OCH3 is 1. The summed E-state index contributed by atoms with van der Waals surface area (Å²) in [6, 6.07) is 11.3. The van der Waals surface area contributed by atoms with E-state index in [-0.39, 0.29) is 6.61 Å². The molecule has 5 rings (SSSR count). The van der Waals surface area contributed by atoms with Gasteiger partial charge < -0.3 is 19.6 Å². The number of aryl methyl sites for hydroxylation is 1. The summed E-state index contributed by atoms with van der Waals surface area (Å²) in [5, 5.41) is 9.76. The van der Waals surface area contributed by atoms with Gasteiger partial charge >= 0.3 is 5.97 Å². The molecule has 3 aromatic heterocycles. The van der Waals surface area contributed by atoms with Crippen LogP contribution in [-0.4, -0.2) is 44.7 Å². The fraction of sp³-hybridized carbons (Fsp3) is 0.231. The van der Waals surface area contributed by atoms with Crippen LogP contribution >= 0.6 is 11.6 Å². The molecule has 0 amide bonds. The van der Waals surface area contributed by atoms with Gasteiger partial charge in [-0.2, -0.15) is 0 Å². The number of ether oxygens (including phenoxy) is 2. The lowest BCUT2D eigenvalue weighted by Gasteiger charge is -2.13. The van der Waals surface area contributed by atoms with Crippen LogP contribution < -0.4 is 9.47 Å². The van der Waals surface area contributed by atoms with Crippen molar-refractivity contribution in [3.05, 3.63) is 65.6 Å². The van der Waals surface area contributed by atoms with Gasteiger partial charge in [0, 0.05) is 29.6 Å². The predicted octanol–water partition coefficient (Wildman–Crippen LogP) is 5.41. The highest BCUT2D eigenvalue weighted by Crippen LogP contribution is 2.46. The van der Waals surface area contributed by atoms with E-state index in [9.17, 15) is 9.90 Å². The molecule has 1 saturated carbocycles. The number of imidazole rings is 1. The maximum atomic E-state index is 11.3. The largest absolute Gasteiger partial charge is 0.497 e. The number of nitrogens with zero attached hydrogens (tertiary/aromatic N) is 3. The first kappa shape index (κ1) is 22.9. The summed E-state index contributed by atoms with van der Waals surface area (Å²) in [5.74, 6) is 0.930. The summed E-state index contributed by atoms with van der Waals surface area (Å²) in [6.45, 7) is 2.06. The minimum atomic E-state index is -0.820. The molecule has 9 heteroatoms.